The second-order valence-corrected chi connectivity index (χ2v) is 11.5. The molecule has 0 fully saturated rings. The quantitative estimate of drug-likeness (QED) is 0.195. The fourth-order valence-electron chi connectivity index (χ4n) is 3.86. The van der Waals surface area contributed by atoms with Crippen molar-refractivity contribution < 1.29 is 0 Å². The summed E-state index contributed by atoms with van der Waals surface area (Å²) in [4.78, 5) is 11.4. The van der Waals surface area contributed by atoms with Gasteiger partial charge in [-0.1, -0.05) is 82.7 Å². The zero-order chi connectivity index (χ0) is 23.6. The van der Waals surface area contributed by atoms with E-state index in [1.165, 1.54) is 27.5 Å². The molecule has 1 atom stereocenters. The number of H-pyrrole nitrogens is 1. The van der Waals surface area contributed by atoms with E-state index in [4.69, 9.17) is 12.2 Å². The number of hydrogen-bond donors (Lipinski definition) is 2. The first-order chi connectivity index (χ1) is 16.0. The Morgan fingerprint density at radius 3 is 2.24 bits per heavy atom. The Morgan fingerprint density at radius 1 is 0.970 bits per heavy atom. The minimum Gasteiger partial charge on any atom is -0.328 e. The highest BCUT2D eigenvalue weighted by Crippen LogP contribution is 2.33. The third-order valence-corrected chi connectivity index (χ3v) is 7.69. The molecule has 0 amide bonds. The SMILES string of the molecule is CCSc1cccc(SCC)c1C(=S)Nc1ncc(C(CCC(C)C)Cc2ccccc2)[nH]1. The van der Waals surface area contributed by atoms with E-state index in [-0.39, 0.29) is 0 Å². The minimum atomic E-state index is 0.403. The molecule has 3 rings (SSSR count). The summed E-state index contributed by atoms with van der Waals surface area (Å²) in [5.41, 5.74) is 3.65. The molecule has 0 saturated heterocycles. The number of nitrogens with one attached hydrogen (secondary N) is 2. The lowest BCUT2D eigenvalue weighted by molar-refractivity contribution is 0.492. The number of imidazole rings is 1. The lowest BCUT2D eigenvalue weighted by Gasteiger charge is -2.17. The number of thiocarbonyl (C=S) groups is 1. The maximum absolute atomic E-state index is 5.87. The summed E-state index contributed by atoms with van der Waals surface area (Å²) in [6.45, 7) is 8.92. The van der Waals surface area contributed by atoms with Crippen LogP contribution in [0.4, 0.5) is 5.95 Å². The smallest absolute Gasteiger partial charge is 0.205 e. The molecule has 1 aromatic heterocycles. The van der Waals surface area contributed by atoms with Gasteiger partial charge >= 0.3 is 0 Å². The third kappa shape index (κ3) is 7.62. The third-order valence-electron chi connectivity index (χ3n) is 5.50. The number of rotatable bonds is 12. The number of benzene rings is 2. The van der Waals surface area contributed by atoms with Gasteiger partial charge in [-0.2, -0.15) is 0 Å². The van der Waals surface area contributed by atoms with E-state index in [0.29, 0.717) is 11.8 Å². The van der Waals surface area contributed by atoms with Crippen molar-refractivity contribution in [1.82, 2.24) is 9.97 Å². The van der Waals surface area contributed by atoms with Gasteiger partial charge in [-0.25, -0.2) is 4.98 Å². The van der Waals surface area contributed by atoms with Gasteiger partial charge in [0, 0.05) is 27.0 Å². The lowest BCUT2D eigenvalue weighted by atomic mass is 9.90. The highest BCUT2D eigenvalue weighted by molar-refractivity contribution is 8.00. The Hall–Kier alpha value is -1.76. The van der Waals surface area contributed by atoms with E-state index in [1.54, 1.807) is 0 Å². The van der Waals surface area contributed by atoms with Crippen LogP contribution in [0.2, 0.25) is 0 Å². The maximum Gasteiger partial charge on any atom is 0.205 e. The van der Waals surface area contributed by atoms with Gasteiger partial charge in [-0.15, -0.1) is 23.5 Å². The number of hydrogen-bond acceptors (Lipinski definition) is 4. The Balaban J connectivity index is 1.80. The Kier molecular flexibility index (Phi) is 10.4. The number of anilines is 1. The molecule has 6 heteroatoms. The zero-order valence-corrected chi connectivity index (χ0v) is 22.5. The zero-order valence-electron chi connectivity index (χ0n) is 20.1. The van der Waals surface area contributed by atoms with Crippen LogP contribution in [0.5, 0.6) is 0 Å². The van der Waals surface area contributed by atoms with Crippen molar-refractivity contribution >= 4 is 46.7 Å². The normalized spacial score (nSPS) is 12.2. The van der Waals surface area contributed by atoms with Gasteiger partial charge in [0.1, 0.15) is 4.99 Å². The van der Waals surface area contributed by atoms with Crippen LogP contribution in [-0.2, 0) is 6.42 Å². The summed E-state index contributed by atoms with van der Waals surface area (Å²) in [6.07, 6.45) is 5.31. The molecule has 3 aromatic rings. The molecule has 0 aliphatic carbocycles. The van der Waals surface area contributed by atoms with Gasteiger partial charge in [0.2, 0.25) is 5.95 Å². The molecular formula is C27H35N3S3. The fourth-order valence-corrected chi connectivity index (χ4v) is 6.06. The summed E-state index contributed by atoms with van der Waals surface area (Å²) < 4.78 is 0. The van der Waals surface area contributed by atoms with E-state index >= 15 is 0 Å². The van der Waals surface area contributed by atoms with Crippen LogP contribution in [0.3, 0.4) is 0 Å². The van der Waals surface area contributed by atoms with Crippen LogP contribution in [-0.4, -0.2) is 26.5 Å². The van der Waals surface area contributed by atoms with Crippen LogP contribution in [0.15, 0.2) is 64.5 Å². The van der Waals surface area contributed by atoms with Crippen molar-refractivity contribution in [2.45, 2.75) is 62.7 Å². The molecular weight excluding hydrogens is 463 g/mol. The first kappa shape index (κ1) is 25.9. The predicted octanol–water partition coefficient (Wildman–Crippen LogP) is 8.18. The maximum atomic E-state index is 5.87. The van der Waals surface area contributed by atoms with Gasteiger partial charge in [-0.05, 0) is 48.0 Å². The molecule has 0 spiro atoms. The standard InChI is InChI=1S/C27H35N3S3/c1-5-32-23-13-10-14-24(33-6-2)25(23)26(31)30-27-28-18-22(29-27)21(16-15-19(3)4)17-20-11-8-7-9-12-20/h7-14,18-19,21H,5-6,15-17H2,1-4H3,(H2,28,29,30,31). The Bertz CT molecular complexity index is 990. The van der Waals surface area contributed by atoms with Crippen LogP contribution in [0, 0.1) is 5.92 Å². The molecule has 33 heavy (non-hydrogen) atoms. The second kappa shape index (κ2) is 13.2. The largest absolute Gasteiger partial charge is 0.328 e. The predicted molar refractivity (Wildman–Crippen MR) is 150 cm³/mol. The average Bonchev–Trinajstić information content (AvgIpc) is 3.26. The summed E-state index contributed by atoms with van der Waals surface area (Å²) in [7, 11) is 0. The van der Waals surface area contributed by atoms with Crippen molar-refractivity contribution in [3.05, 3.63) is 71.5 Å². The second-order valence-electron chi connectivity index (χ2n) is 8.49. The highest BCUT2D eigenvalue weighted by Gasteiger charge is 2.18. The first-order valence-corrected chi connectivity index (χ1v) is 14.2. The van der Waals surface area contributed by atoms with Gasteiger partial charge < -0.3 is 10.3 Å². The molecule has 3 nitrogen and oxygen atoms in total. The molecule has 2 aromatic carbocycles. The number of aromatic nitrogens is 2. The molecule has 1 heterocycles. The highest BCUT2D eigenvalue weighted by atomic mass is 32.2. The number of thioether (sulfide) groups is 2. The van der Waals surface area contributed by atoms with Crippen LogP contribution >= 0.6 is 35.7 Å². The van der Waals surface area contributed by atoms with Crippen LogP contribution in [0.1, 0.15) is 63.3 Å². The van der Waals surface area contributed by atoms with E-state index in [2.05, 4.69) is 91.5 Å². The minimum absolute atomic E-state index is 0.403. The van der Waals surface area contributed by atoms with Crippen LogP contribution < -0.4 is 5.32 Å². The molecule has 0 aliphatic heterocycles. The summed E-state index contributed by atoms with van der Waals surface area (Å²) in [6, 6.07) is 17.2. The average molecular weight is 498 g/mol. The molecule has 0 bridgehead atoms. The molecule has 0 radical (unpaired) electrons. The Morgan fingerprint density at radius 2 is 1.64 bits per heavy atom. The first-order valence-electron chi connectivity index (χ1n) is 11.8. The summed E-state index contributed by atoms with van der Waals surface area (Å²) in [5, 5.41) is 3.40. The number of aromatic amines is 1. The Labute approximate surface area is 213 Å². The van der Waals surface area contributed by atoms with Gasteiger partial charge in [0.25, 0.3) is 0 Å². The van der Waals surface area contributed by atoms with E-state index < -0.39 is 0 Å². The molecule has 2 N–H and O–H groups in total. The van der Waals surface area contributed by atoms with Gasteiger partial charge in [0.05, 0.1) is 6.20 Å². The lowest BCUT2D eigenvalue weighted by Crippen LogP contribution is -2.14. The topological polar surface area (TPSA) is 40.7 Å². The monoisotopic (exact) mass is 497 g/mol. The fraction of sp³-hybridized carbons (Fsp3) is 0.407. The molecule has 176 valence electrons. The van der Waals surface area contributed by atoms with E-state index in [1.807, 2.05) is 29.7 Å². The van der Waals surface area contributed by atoms with Crippen molar-refractivity contribution in [3.8, 4) is 0 Å². The molecule has 0 aliphatic rings. The van der Waals surface area contributed by atoms with Crippen LogP contribution in [0.25, 0.3) is 0 Å². The van der Waals surface area contributed by atoms with E-state index in [9.17, 15) is 0 Å². The van der Waals surface area contributed by atoms with Crippen molar-refractivity contribution in [3.63, 3.8) is 0 Å². The van der Waals surface area contributed by atoms with Crippen molar-refractivity contribution in [1.29, 1.82) is 0 Å². The van der Waals surface area contributed by atoms with Crippen molar-refractivity contribution in [2.24, 2.45) is 5.92 Å². The summed E-state index contributed by atoms with van der Waals surface area (Å²) in [5.74, 6) is 3.83. The molecule has 0 saturated carbocycles. The number of nitrogens with zero attached hydrogens (tertiary/aromatic N) is 1. The van der Waals surface area contributed by atoms with Gasteiger partial charge in [0.15, 0.2) is 0 Å². The van der Waals surface area contributed by atoms with Gasteiger partial charge in [-0.3, -0.25) is 0 Å². The molecule has 1 unspecified atom stereocenters. The summed E-state index contributed by atoms with van der Waals surface area (Å²) >= 11 is 9.53. The van der Waals surface area contributed by atoms with E-state index in [0.717, 1.165) is 40.8 Å². The van der Waals surface area contributed by atoms with Crippen molar-refractivity contribution in [2.75, 3.05) is 16.8 Å².